The second kappa shape index (κ2) is 8.37. The van der Waals surface area contributed by atoms with Crippen LogP contribution in [0.25, 0.3) is 0 Å². The molecule has 1 saturated carbocycles. The summed E-state index contributed by atoms with van der Waals surface area (Å²) < 4.78 is 5.12. The minimum Gasteiger partial charge on any atom is -0.497 e. The van der Waals surface area contributed by atoms with Crippen LogP contribution in [0, 0.1) is 5.92 Å². The molecule has 0 aromatic heterocycles. The third-order valence-corrected chi connectivity index (χ3v) is 5.39. The van der Waals surface area contributed by atoms with Crippen LogP contribution >= 0.6 is 0 Å². The van der Waals surface area contributed by atoms with Crippen molar-refractivity contribution in [3.8, 4) is 5.75 Å². The number of nitrogens with zero attached hydrogens (tertiary/aromatic N) is 2. The molecular formula is C21H26N2O4. The third-order valence-electron chi connectivity index (χ3n) is 5.39. The van der Waals surface area contributed by atoms with Crippen LogP contribution in [-0.4, -0.2) is 42.3 Å². The first-order chi connectivity index (χ1) is 13.1. The van der Waals surface area contributed by atoms with Crippen LogP contribution in [-0.2, 0) is 14.4 Å². The van der Waals surface area contributed by atoms with Gasteiger partial charge in [-0.1, -0.05) is 25.3 Å². The van der Waals surface area contributed by atoms with E-state index in [1.54, 1.807) is 42.4 Å². The first-order valence-electron chi connectivity index (χ1n) is 9.49. The monoisotopic (exact) mass is 370 g/mol. The quantitative estimate of drug-likeness (QED) is 0.570. The van der Waals surface area contributed by atoms with Gasteiger partial charge in [0.25, 0.3) is 5.91 Å². The van der Waals surface area contributed by atoms with Crippen LogP contribution in [0.4, 0.5) is 5.69 Å². The molecule has 6 nitrogen and oxygen atoms in total. The SMILES string of the molecule is C=CCN(C(=O)C1CCCCC1)C1CC(=O)N(c2ccc(OC)cc2)C1=O. The van der Waals surface area contributed by atoms with Gasteiger partial charge in [0, 0.05) is 12.5 Å². The summed E-state index contributed by atoms with van der Waals surface area (Å²) in [5, 5.41) is 0. The normalized spacial score (nSPS) is 20.6. The van der Waals surface area contributed by atoms with Gasteiger partial charge in [-0.25, -0.2) is 4.90 Å². The number of rotatable bonds is 6. The average Bonchev–Trinajstić information content (AvgIpc) is 3.00. The lowest BCUT2D eigenvalue weighted by atomic mass is 9.88. The van der Waals surface area contributed by atoms with Crippen molar-refractivity contribution in [3.63, 3.8) is 0 Å². The highest BCUT2D eigenvalue weighted by molar-refractivity contribution is 6.23. The van der Waals surface area contributed by atoms with Gasteiger partial charge < -0.3 is 9.64 Å². The summed E-state index contributed by atoms with van der Waals surface area (Å²) in [5.74, 6) is -0.0824. The van der Waals surface area contributed by atoms with Crippen molar-refractivity contribution in [3.05, 3.63) is 36.9 Å². The van der Waals surface area contributed by atoms with E-state index in [0.29, 0.717) is 11.4 Å². The van der Waals surface area contributed by atoms with Gasteiger partial charge in [-0.3, -0.25) is 14.4 Å². The number of hydrogen-bond donors (Lipinski definition) is 0. The largest absolute Gasteiger partial charge is 0.497 e. The van der Waals surface area contributed by atoms with Gasteiger partial charge in [-0.15, -0.1) is 6.58 Å². The van der Waals surface area contributed by atoms with E-state index in [-0.39, 0.29) is 36.6 Å². The Kier molecular flexibility index (Phi) is 5.94. The molecule has 0 N–H and O–H groups in total. The van der Waals surface area contributed by atoms with E-state index in [1.165, 1.54) is 4.90 Å². The van der Waals surface area contributed by atoms with Crippen LogP contribution in [0.3, 0.4) is 0 Å². The van der Waals surface area contributed by atoms with Crippen molar-refractivity contribution in [2.45, 2.75) is 44.6 Å². The summed E-state index contributed by atoms with van der Waals surface area (Å²) in [7, 11) is 1.56. The zero-order valence-corrected chi connectivity index (χ0v) is 15.7. The molecule has 144 valence electrons. The van der Waals surface area contributed by atoms with Crippen LogP contribution in [0.15, 0.2) is 36.9 Å². The van der Waals surface area contributed by atoms with Gasteiger partial charge in [0.1, 0.15) is 11.8 Å². The molecule has 1 aromatic rings. The minimum absolute atomic E-state index is 0.0111. The Morgan fingerprint density at radius 2 is 1.89 bits per heavy atom. The Morgan fingerprint density at radius 1 is 1.22 bits per heavy atom. The summed E-state index contributed by atoms with van der Waals surface area (Å²) in [6.07, 6.45) is 6.55. The van der Waals surface area contributed by atoms with Crippen LogP contribution in [0.2, 0.25) is 0 Å². The molecule has 0 spiro atoms. The molecule has 2 aliphatic rings. The second-order valence-electron chi connectivity index (χ2n) is 7.10. The van der Waals surface area contributed by atoms with Crippen molar-refractivity contribution in [1.82, 2.24) is 4.90 Å². The second-order valence-corrected chi connectivity index (χ2v) is 7.10. The number of imide groups is 1. The predicted octanol–water partition coefficient (Wildman–Crippen LogP) is 2.92. The molecule has 3 rings (SSSR count). The fraction of sp³-hybridized carbons (Fsp3) is 0.476. The van der Waals surface area contributed by atoms with Crippen molar-refractivity contribution in [2.75, 3.05) is 18.6 Å². The molecular weight excluding hydrogens is 344 g/mol. The highest BCUT2D eigenvalue weighted by Crippen LogP contribution is 2.30. The van der Waals surface area contributed by atoms with Crippen molar-refractivity contribution in [2.24, 2.45) is 5.92 Å². The smallest absolute Gasteiger partial charge is 0.257 e. The molecule has 27 heavy (non-hydrogen) atoms. The van der Waals surface area contributed by atoms with Gasteiger partial charge in [0.05, 0.1) is 19.2 Å². The number of anilines is 1. The Morgan fingerprint density at radius 3 is 2.48 bits per heavy atom. The maximum atomic E-state index is 13.0. The predicted molar refractivity (Wildman–Crippen MR) is 102 cm³/mol. The summed E-state index contributed by atoms with van der Waals surface area (Å²) in [6, 6.07) is 6.01. The zero-order chi connectivity index (χ0) is 19.4. The molecule has 1 atom stereocenters. The lowest BCUT2D eigenvalue weighted by molar-refractivity contribution is -0.142. The van der Waals surface area contributed by atoms with E-state index in [0.717, 1.165) is 32.1 Å². The molecule has 6 heteroatoms. The van der Waals surface area contributed by atoms with E-state index < -0.39 is 6.04 Å². The van der Waals surface area contributed by atoms with Gasteiger partial charge in [-0.2, -0.15) is 0 Å². The molecule has 1 aliphatic carbocycles. The van der Waals surface area contributed by atoms with Crippen LogP contribution in [0.1, 0.15) is 38.5 Å². The highest BCUT2D eigenvalue weighted by atomic mass is 16.5. The van der Waals surface area contributed by atoms with E-state index in [9.17, 15) is 14.4 Å². The van der Waals surface area contributed by atoms with E-state index in [4.69, 9.17) is 4.74 Å². The maximum absolute atomic E-state index is 13.0. The maximum Gasteiger partial charge on any atom is 0.257 e. The number of methoxy groups -OCH3 is 1. The number of benzene rings is 1. The van der Waals surface area contributed by atoms with Gasteiger partial charge in [0.15, 0.2) is 0 Å². The Labute approximate surface area is 159 Å². The first kappa shape index (κ1) is 19.1. The number of amides is 3. The number of carbonyl (C=O) groups excluding carboxylic acids is 3. The summed E-state index contributed by atoms with van der Waals surface area (Å²) >= 11 is 0. The number of carbonyl (C=O) groups is 3. The summed E-state index contributed by atoms with van der Waals surface area (Å²) in [5.41, 5.74) is 0.497. The number of hydrogen-bond acceptors (Lipinski definition) is 4. The minimum atomic E-state index is -0.757. The molecule has 1 unspecified atom stereocenters. The van der Waals surface area contributed by atoms with Crippen molar-refractivity contribution >= 4 is 23.4 Å². The van der Waals surface area contributed by atoms with Gasteiger partial charge >= 0.3 is 0 Å². The molecule has 1 heterocycles. The van der Waals surface area contributed by atoms with E-state index >= 15 is 0 Å². The molecule has 1 aliphatic heterocycles. The standard InChI is InChI=1S/C21H26N2O4/c1-3-13-22(20(25)15-7-5-4-6-8-15)18-14-19(24)23(21(18)26)16-9-11-17(27-2)12-10-16/h3,9-12,15,18H,1,4-8,13-14H2,2H3. The Balaban J connectivity index is 1.81. The third kappa shape index (κ3) is 3.89. The molecule has 2 fully saturated rings. The lowest BCUT2D eigenvalue weighted by Gasteiger charge is -2.31. The van der Waals surface area contributed by atoms with Crippen molar-refractivity contribution in [1.29, 1.82) is 0 Å². The van der Waals surface area contributed by atoms with Gasteiger partial charge in [-0.05, 0) is 37.1 Å². The summed E-state index contributed by atoms with van der Waals surface area (Å²) in [4.78, 5) is 41.3. The van der Waals surface area contributed by atoms with E-state index in [1.807, 2.05) is 0 Å². The Bertz CT molecular complexity index is 722. The average molecular weight is 370 g/mol. The lowest BCUT2D eigenvalue weighted by Crippen LogP contribution is -2.48. The fourth-order valence-corrected chi connectivity index (χ4v) is 3.96. The van der Waals surface area contributed by atoms with E-state index in [2.05, 4.69) is 6.58 Å². The zero-order valence-electron chi connectivity index (χ0n) is 15.7. The van der Waals surface area contributed by atoms with Gasteiger partial charge in [0.2, 0.25) is 11.8 Å². The summed E-state index contributed by atoms with van der Waals surface area (Å²) in [6.45, 7) is 4.00. The molecule has 3 amide bonds. The molecule has 0 radical (unpaired) electrons. The molecule has 1 saturated heterocycles. The van der Waals surface area contributed by atoms with Crippen LogP contribution in [0.5, 0.6) is 5.75 Å². The number of ether oxygens (including phenoxy) is 1. The topological polar surface area (TPSA) is 66.9 Å². The fourth-order valence-electron chi connectivity index (χ4n) is 3.96. The molecule has 0 bridgehead atoms. The first-order valence-corrected chi connectivity index (χ1v) is 9.49. The Hall–Kier alpha value is -2.63. The van der Waals surface area contributed by atoms with Crippen molar-refractivity contribution < 1.29 is 19.1 Å². The highest BCUT2D eigenvalue weighted by Gasteiger charge is 2.45. The molecule has 1 aromatic carbocycles. The van der Waals surface area contributed by atoms with Crippen LogP contribution < -0.4 is 9.64 Å².